The van der Waals surface area contributed by atoms with E-state index in [1.54, 1.807) is 6.92 Å². The molecule has 0 atom stereocenters. The van der Waals surface area contributed by atoms with Crippen molar-refractivity contribution in [3.8, 4) is 0 Å². The molecule has 0 bridgehead atoms. The summed E-state index contributed by atoms with van der Waals surface area (Å²) in [4.78, 5) is 22.5. The molecule has 4 nitrogen and oxygen atoms in total. The fraction of sp³-hybridized carbons (Fsp3) is 0.846. The van der Waals surface area contributed by atoms with Crippen molar-refractivity contribution in [2.45, 2.75) is 58.3 Å². The van der Waals surface area contributed by atoms with E-state index in [9.17, 15) is 9.59 Å². The summed E-state index contributed by atoms with van der Waals surface area (Å²) in [6, 6.07) is 1.07. The number of hydrogen-bond acceptors (Lipinski definition) is 5. The van der Waals surface area contributed by atoms with Gasteiger partial charge in [0.25, 0.3) is 0 Å². The first-order valence-electron chi connectivity index (χ1n) is 6.83. The number of ether oxygens (including phenoxy) is 1. The van der Waals surface area contributed by atoms with E-state index in [4.69, 9.17) is 8.92 Å². The van der Waals surface area contributed by atoms with Gasteiger partial charge in [0.05, 0.1) is 25.3 Å². The topological polar surface area (TPSA) is 52.6 Å². The zero-order chi connectivity index (χ0) is 14.7. The monoisotopic (exact) mass is 306 g/mol. The van der Waals surface area contributed by atoms with E-state index < -0.39 is 8.07 Å². The van der Waals surface area contributed by atoms with Crippen molar-refractivity contribution in [2.75, 3.05) is 13.2 Å². The van der Waals surface area contributed by atoms with Crippen LogP contribution in [0.1, 0.15) is 32.6 Å². The van der Waals surface area contributed by atoms with Gasteiger partial charge in [0.15, 0.2) is 0 Å². The Labute approximate surface area is 121 Å². The van der Waals surface area contributed by atoms with Crippen molar-refractivity contribution in [3.05, 3.63) is 0 Å². The predicted molar refractivity (Wildman–Crippen MR) is 81.8 cm³/mol. The SMILES string of the molecule is CCOC(=O)CCCCC(=O)SOCC[Si](C)(C)C. The summed E-state index contributed by atoms with van der Waals surface area (Å²) in [5.41, 5.74) is 0. The number of carbonyl (C=O) groups excluding carboxylic acids is 2. The molecule has 0 rings (SSSR count). The molecule has 0 saturated carbocycles. The average Bonchev–Trinajstić information content (AvgIpc) is 2.29. The molecule has 0 unspecified atom stereocenters. The van der Waals surface area contributed by atoms with Crippen molar-refractivity contribution in [1.29, 1.82) is 0 Å². The molecule has 0 aromatic heterocycles. The molecule has 0 heterocycles. The molecule has 0 aliphatic carbocycles. The summed E-state index contributed by atoms with van der Waals surface area (Å²) >= 11 is 0.953. The molecule has 19 heavy (non-hydrogen) atoms. The zero-order valence-corrected chi connectivity index (χ0v) is 14.3. The van der Waals surface area contributed by atoms with Gasteiger partial charge in [0.2, 0.25) is 5.12 Å². The van der Waals surface area contributed by atoms with Gasteiger partial charge in [0.1, 0.15) is 0 Å². The van der Waals surface area contributed by atoms with Gasteiger partial charge in [-0.1, -0.05) is 19.6 Å². The lowest BCUT2D eigenvalue weighted by Gasteiger charge is -2.14. The van der Waals surface area contributed by atoms with E-state index in [1.807, 2.05) is 0 Å². The van der Waals surface area contributed by atoms with Gasteiger partial charge in [-0.2, -0.15) is 0 Å². The van der Waals surface area contributed by atoms with Crippen LogP contribution in [0.25, 0.3) is 0 Å². The Bertz CT molecular complexity index is 276. The van der Waals surface area contributed by atoms with Crippen LogP contribution in [0.2, 0.25) is 25.7 Å². The van der Waals surface area contributed by atoms with Gasteiger partial charge >= 0.3 is 5.97 Å². The maximum Gasteiger partial charge on any atom is 0.305 e. The highest BCUT2D eigenvalue weighted by Crippen LogP contribution is 2.15. The van der Waals surface area contributed by atoms with Crippen LogP contribution in [-0.4, -0.2) is 32.4 Å². The Morgan fingerprint density at radius 1 is 1.11 bits per heavy atom. The van der Waals surface area contributed by atoms with Gasteiger partial charge in [-0.05, 0) is 25.8 Å². The van der Waals surface area contributed by atoms with E-state index in [0.29, 0.717) is 38.9 Å². The molecule has 0 spiro atoms. The summed E-state index contributed by atoms with van der Waals surface area (Å²) in [7, 11) is -1.08. The molecule has 0 fully saturated rings. The molecule has 0 amide bonds. The highest BCUT2D eigenvalue weighted by Gasteiger charge is 2.13. The maximum atomic E-state index is 11.5. The Balaban J connectivity index is 3.43. The fourth-order valence-corrected chi connectivity index (χ4v) is 2.66. The van der Waals surface area contributed by atoms with E-state index in [1.165, 1.54) is 0 Å². The van der Waals surface area contributed by atoms with Crippen LogP contribution in [0.5, 0.6) is 0 Å². The number of rotatable bonds is 10. The Morgan fingerprint density at radius 2 is 1.74 bits per heavy atom. The lowest BCUT2D eigenvalue weighted by molar-refractivity contribution is -0.143. The minimum absolute atomic E-state index is 0.0411. The van der Waals surface area contributed by atoms with Crippen molar-refractivity contribution < 1.29 is 18.5 Å². The molecule has 0 saturated heterocycles. The maximum absolute atomic E-state index is 11.5. The van der Waals surface area contributed by atoms with E-state index in [0.717, 1.165) is 18.1 Å². The third-order valence-corrected chi connectivity index (χ3v) is 4.78. The van der Waals surface area contributed by atoms with Crippen LogP contribution in [0.3, 0.4) is 0 Å². The number of carbonyl (C=O) groups is 2. The third kappa shape index (κ3) is 13.9. The first kappa shape index (κ1) is 18.7. The summed E-state index contributed by atoms with van der Waals surface area (Å²) < 4.78 is 10.1. The second-order valence-electron chi connectivity index (χ2n) is 5.60. The van der Waals surface area contributed by atoms with Gasteiger partial charge in [0, 0.05) is 20.9 Å². The van der Waals surface area contributed by atoms with E-state index in [2.05, 4.69) is 19.6 Å². The first-order chi connectivity index (χ1) is 8.85. The number of esters is 1. The van der Waals surface area contributed by atoms with Gasteiger partial charge in [-0.3, -0.25) is 9.59 Å². The minimum Gasteiger partial charge on any atom is -0.466 e. The summed E-state index contributed by atoms with van der Waals surface area (Å²) in [6.07, 6.45) is 2.25. The second kappa shape index (κ2) is 10.5. The smallest absolute Gasteiger partial charge is 0.305 e. The highest BCUT2D eigenvalue weighted by atomic mass is 32.2. The molecule has 112 valence electrons. The fourth-order valence-electron chi connectivity index (χ4n) is 1.27. The van der Waals surface area contributed by atoms with Gasteiger partial charge < -0.3 is 8.92 Å². The predicted octanol–water partition coefficient (Wildman–Crippen LogP) is 3.64. The number of unbranched alkanes of at least 4 members (excludes halogenated alkanes) is 1. The second-order valence-corrected chi connectivity index (χ2v) is 12.1. The van der Waals surface area contributed by atoms with E-state index >= 15 is 0 Å². The molecule has 0 aliphatic heterocycles. The summed E-state index contributed by atoms with van der Waals surface area (Å²) in [5.74, 6) is -0.186. The molecule has 0 N–H and O–H groups in total. The van der Waals surface area contributed by atoms with Crippen LogP contribution >= 0.6 is 12.0 Å². The molecular weight excluding hydrogens is 280 g/mol. The van der Waals surface area contributed by atoms with Crippen molar-refractivity contribution in [1.82, 2.24) is 0 Å². The highest BCUT2D eigenvalue weighted by molar-refractivity contribution is 8.09. The van der Waals surface area contributed by atoms with E-state index in [-0.39, 0.29) is 11.1 Å². The largest absolute Gasteiger partial charge is 0.466 e. The molecule has 0 aromatic carbocycles. The van der Waals surface area contributed by atoms with Crippen LogP contribution in [0.4, 0.5) is 0 Å². The normalized spacial score (nSPS) is 11.4. The minimum atomic E-state index is -1.08. The van der Waals surface area contributed by atoms with Crippen molar-refractivity contribution in [2.24, 2.45) is 0 Å². The number of hydrogen-bond donors (Lipinski definition) is 0. The van der Waals surface area contributed by atoms with Crippen molar-refractivity contribution in [3.63, 3.8) is 0 Å². The lowest BCUT2D eigenvalue weighted by atomic mass is 10.2. The lowest BCUT2D eigenvalue weighted by Crippen LogP contribution is -2.21. The van der Waals surface area contributed by atoms with Crippen LogP contribution in [0.15, 0.2) is 0 Å². The Hall–Kier alpha value is -0.333. The molecule has 6 heteroatoms. The molecule has 0 aromatic rings. The third-order valence-electron chi connectivity index (χ3n) is 2.40. The van der Waals surface area contributed by atoms with Gasteiger partial charge in [-0.25, -0.2) is 0 Å². The molecular formula is C13H26O4SSi. The quantitative estimate of drug-likeness (QED) is 0.267. The van der Waals surface area contributed by atoms with Crippen LogP contribution in [0, 0.1) is 0 Å². The molecule has 0 aliphatic rings. The van der Waals surface area contributed by atoms with Crippen LogP contribution in [-0.2, 0) is 18.5 Å². The molecule has 0 radical (unpaired) electrons. The first-order valence-corrected chi connectivity index (χ1v) is 11.3. The van der Waals surface area contributed by atoms with Crippen molar-refractivity contribution >= 4 is 31.2 Å². The van der Waals surface area contributed by atoms with Gasteiger partial charge in [-0.15, -0.1) is 0 Å². The zero-order valence-electron chi connectivity index (χ0n) is 12.5. The summed E-state index contributed by atoms with van der Waals surface area (Å²) in [5, 5.41) is 0.0411. The van der Waals surface area contributed by atoms with Crippen LogP contribution < -0.4 is 0 Å². The Kier molecular flexibility index (Phi) is 10.3. The Morgan fingerprint density at radius 3 is 2.32 bits per heavy atom. The summed E-state index contributed by atoms with van der Waals surface area (Å²) in [6.45, 7) is 9.68. The standard InChI is InChI=1S/C13H26O4SSi/c1-5-16-12(14)8-6-7-9-13(15)18-17-10-11-19(2,3)4/h5-11H2,1-4H3. The average molecular weight is 307 g/mol.